The highest BCUT2D eigenvalue weighted by molar-refractivity contribution is 5.87. The molecule has 0 radical (unpaired) electrons. The maximum Gasteiger partial charge on any atom is 0.511 e. The number of ether oxygens (including phenoxy) is 1. The molecule has 0 spiro atoms. The Morgan fingerprint density at radius 1 is 1.38 bits per heavy atom. The van der Waals surface area contributed by atoms with Crippen LogP contribution in [0.5, 0.6) is 5.75 Å². The van der Waals surface area contributed by atoms with E-state index in [0.29, 0.717) is 10.9 Å². The Bertz CT molecular complexity index is 615. The van der Waals surface area contributed by atoms with Gasteiger partial charge in [0.05, 0.1) is 11.1 Å². The summed E-state index contributed by atoms with van der Waals surface area (Å²) in [5, 5.41) is 9.18. The van der Waals surface area contributed by atoms with Crippen molar-refractivity contribution >= 4 is 17.1 Å². The first-order chi connectivity index (χ1) is 7.59. The highest BCUT2D eigenvalue weighted by Crippen LogP contribution is 2.25. The van der Waals surface area contributed by atoms with Gasteiger partial charge in [-0.3, -0.25) is 4.79 Å². The zero-order valence-electron chi connectivity index (χ0n) is 8.48. The molecule has 1 heterocycles. The fourth-order valence-electron chi connectivity index (χ4n) is 1.53. The van der Waals surface area contributed by atoms with Gasteiger partial charge in [0.15, 0.2) is 5.75 Å². The van der Waals surface area contributed by atoms with E-state index in [9.17, 15) is 9.59 Å². The molecule has 0 aliphatic rings. The van der Waals surface area contributed by atoms with E-state index in [2.05, 4.69) is 9.72 Å². The van der Waals surface area contributed by atoms with Crippen LogP contribution in [0.3, 0.4) is 0 Å². The number of carboxylic acid groups (broad SMARTS) is 1. The molecule has 0 atom stereocenters. The topological polar surface area (TPSA) is 79.4 Å². The predicted molar refractivity (Wildman–Crippen MR) is 58.0 cm³/mol. The van der Waals surface area contributed by atoms with Gasteiger partial charge >= 0.3 is 6.16 Å². The van der Waals surface area contributed by atoms with Crippen LogP contribution < -0.4 is 10.3 Å². The number of H-pyrrole nitrogens is 1. The van der Waals surface area contributed by atoms with Crippen LogP contribution in [0, 0.1) is 6.92 Å². The van der Waals surface area contributed by atoms with E-state index >= 15 is 0 Å². The van der Waals surface area contributed by atoms with Crippen molar-refractivity contribution in [2.24, 2.45) is 0 Å². The van der Waals surface area contributed by atoms with Crippen LogP contribution in [0.4, 0.5) is 4.79 Å². The number of para-hydroxylation sites is 1. The number of hydrogen-bond acceptors (Lipinski definition) is 3. The molecule has 5 heteroatoms. The molecule has 0 fully saturated rings. The molecule has 82 valence electrons. The third-order valence-electron chi connectivity index (χ3n) is 2.29. The van der Waals surface area contributed by atoms with Gasteiger partial charge in [0.1, 0.15) is 0 Å². The van der Waals surface area contributed by atoms with Gasteiger partial charge in [-0.1, -0.05) is 12.1 Å². The molecule has 5 nitrogen and oxygen atoms in total. The van der Waals surface area contributed by atoms with Gasteiger partial charge in [-0.25, -0.2) is 4.79 Å². The summed E-state index contributed by atoms with van der Waals surface area (Å²) in [7, 11) is 0. The highest BCUT2D eigenvalue weighted by Gasteiger charge is 2.12. The van der Waals surface area contributed by atoms with E-state index in [1.807, 2.05) is 0 Å². The molecule has 0 aliphatic heterocycles. The SMILES string of the molecule is Cc1c(OC(=O)O)c2ccccc2[nH]c1=O. The van der Waals surface area contributed by atoms with E-state index in [-0.39, 0.29) is 16.9 Å². The summed E-state index contributed by atoms with van der Waals surface area (Å²) >= 11 is 0. The number of fused-ring (bicyclic) bond motifs is 1. The van der Waals surface area contributed by atoms with Gasteiger partial charge in [-0.2, -0.15) is 0 Å². The van der Waals surface area contributed by atoms with Crippen molar-refractivity contribution in [3.05, 3.63) is 40.2 Å². The minimum atomic E-state index is -1.43. The summed E-state index contributed by atoms with van der Waals surface area (Å²) in [6.07, 6.45) is -1.43. The van der Waals surface area contributed by atoms with Crippen LogP contribution >= 0.6 is 0 Å². The lowest BCUT2D eigenvalue weighted by molar-refractivity contribution is 0.144. The first kappa shape index (κ1) is 10.2. The lowest BCUT2D eigenvalue weighted by atomic mass is 10.1. The normalized spacial score (nSPS) is 10.3. The van der Waals surface area contributed by atoms with Crippen molar-refractivity contribution in [2.75, 3.05) is 0 Å². The molecule has 1 aromatic carbocycles. The molecule has 2 rings (SSSR count). The zero-order valence-corrected chi connectivity index (χ0v) is 8.48. The Morgan fingerprint density at radius 3 is 2.75 bits per heavy atom. The minimum Gasteiger partial charge on any atom is -0.449 e. The van der Waals surface area contributed by atoms with Crippen molar-refractivity contribution in [3.8, 4) is 5.75 Å². The Balaban J connectivity index is 2.81. The van der Waals surface area contributed by atoms with Crippen LogP contribution in [-0.2, 0) is 0 Å². The van der Waals surface area contributed by atoms with Gasteiger partial charge in [0.25, 0.3) is 5.56 Å². The van der Waals surface area contributed by atoms with Gasteiger partial charge in [0, 0.05) is 5.39 Å². The average molecular weight is 219 g/mol. The lowest BCUT2D eigenvalue weighted by Crippen LogP contribution is -2.14. The number of carbonyl (C=O) groups is 1. The molecule has 0 saturated heterocycles. The number of aromatic amines is 1. The van der Waals surface area contributed by atoms with Crippen LogP contribution in [0.15, 0.2) is 29.1 Å². The van der Waals surface area contributed by atoms with Crippen LogP contribution in [0.2, 0.25) is 0 Å². The van der Waals surface area contributed by atoms with E-state index in [4.69, 9.17) is 5.11 Å². The van der Waals surface area contributed by atoms with Crippen molar-refractivity contribution in [3.63, 3.8) is 0 Å². The van der Waals surface area contributed by atoms with E-state index in [1.54, 1.807) is 24.3 Å². The third kappa shape index (κ3) is 1.63. The molecule has 0 aliphatic carbocycles. The van der Waals surface area contributed by atoms with Gasteiger partial charge in [0.2, 0.25) is 0 Å². The maximum atomic E-state index is 11.5. The molecule has 0 bridgehead atoms. The van der Waals surface area contributed by atoms with Crippen LogP contribution in [-0.4, -0.2) is 16.2 Å². The summed E-state index contributed by atoms with van der Waals surface area (Å²) in [6.45, 7) is 1.52. The molecule has 1 aromatic heterocycles. The lowest BCUT2D eigenvalue weighted by Gasteiger charge is -2.07. The number of benzene rings is 1. The van der Waals surface area contributed by atoms with Gasteiger partial charge in [-0.15, -0.1) is 0 Å². The smallest absolute Gasteiger partial charge is 0.449 e. The Morgan fingerprint density at radius 2 is 2.06 bits per heavy atom. The van der Waals surface area contributed by atoms with E-state index in [1.165, 1.54) is 6.92 Å². The summed E-state index contributed by atoms with van der Waals surface area (Å²) in [4.78, 5) is 24.7. The number of aromatic nitrogens is 1. The summed E-state index contributed by atoms with van der Waals surface area (Å²) in [5.74, 6) is 0.0897. The number of nitrogens with one attached hydrogen (secondary N) is 1. The largest absolute Gasteiger partial charge is 0.511 e. The molecule has 0 amide bonds. The fraction of sp³-hybridized carbons (Fsp3) is 0.0909. The standard InChI is InChI=1S/C11H9NO4/c1-6-9(16-11(14)15)7-4-2-3-5-8(7)12-10(6)13/h2-5H,1H3,(H,12,13)(H,14,15). The summed E-state index contributed by atoms with van der Waals surface area (Å²) in [5.41, 5.74) is 0.449. The Labute approximate surface area is 90.3 Å². The van der Waals surface area contributed by atoms with Crippen LogP contribution in [0.25, 0.3) is 10.9 Å². The summed E-state index contributed by atoms with van der Waals surface area (Å²) in [6, 6.07) is 6.87. The fourth-order valence-corrected chi connectivity index (χ4v) is 1.53. The molecular weight excluding hydrogens is 210 g/mol. The van der Waals surface area contributed by atoms with Crippen LogP contribution in [0.1, 0.15) is 5.56 Å². The average Bonchev–Trinajstić information content (AvgIpc) is 2.24. The first-order valence-corrected chi connectivity index (χ1v) is 4.62. The van der Waals surface area contributed by atoms with Gasteiger partial charge in [-0.05, 0) is 19.1 Å². The second-order valence-corrected chi connectivity index (χ2v) is 3.32. The molecule has 0 unspecified atom stereocenters. The number of pyridine rings is 1. The zero-order chi connectivity index (χ0) is 11.7. The molecule has 16 heavy (non-hydrogen) atoms. The first-order valence-electron chi connectivity index (χ1n) is 4.62. The molecular formula is C11H9NO4. The van der Waals surface area contributed by atoms with Crippen molar-refractivity contribution in [1.29, 1.82) is 0 Å². The van der Waals surface area contributed by atoms with Gasteiger partial charge < -0.3 is 14.8 Å². The maximum absolute atomic E-state index is 11.5. The second kappa shape index (κ2) is 3.69. The molecule has 2 N–H and O–H groups in total. The molecule has 2 aromatic rings. The number of rotatable bonds is 1. The minimum absolute atomic E-state index is 0.0897. The monoisotopic (exact) mass is 219 g/mol. The van der Waals surface area contributed by atoms with Crippen molar-refractivity contribution in [1.82, 2.24) is 4.98 Å². The summed E-state index contributed by atoms with van der Waals surface area (Å²) < 4.78 is 4.64. The van der Waals surface area contributed by atoms with Crippen molar-refractivity contribution < 1.29 is 14.6 Å². The quantitative estimate of drug-likeness (QED) is 0.718. The van der Waals surface area contributed by atoms with E-state index in [0.717, 1.165) is 0 Å². The third-order valence-corrected chi connectivity index (χ3v) is 2.29. The van der Waals surface area contributed by atoms with Crippen molar-refractivity contribution in [2.45, 2.75) is 6.92 Å². The number of hydrogen-bond donors (Lipinski definition) is 2. The Hall–Kier alpha value is -2.30. The molecule has 0 saturated carbocycles. The second-order valence-electron chi connectivity index (χ2n) is 3.32. The highest BCUT2D eigenvalue weighted by atomic mass is 16.7. The Kier molecular flexibility index (Phi) is 2.36. The predicted octanol–water partition coefficient (Wildman–Crippen LogP) is 1.89. The van der Waals surface area contributed by atoms with E-state index < -0.39 is 6.16 Å².